The highest BCUT2D eigenvalue weighted by molar-refractivity contribution is 6.05. The number of imidazole rings is 1. The molecular formula is C32H32N6O2. The molecule has 0 spiro atoms. The van der Waals surface area contributed by atoms with Crippen molar-refractivity contribution in [3.05, 3.63) is 125 Å². The number of carbonyl (C=O) groups excluding carboxylic acids is 1. The van der Waals surface area contributed by atoms with E-state index in [0.717, 1.165) is 16.8 Å². The van der Waals surface area contributed by atoms with Gasteiger partial charge in [-0.3, -0.25) is 9.59 Å². The Balaban J connectivity index is 1.52. The van der Waals surface area contributed by atoms with E-state index in [0.29, 0.717) is 16.9 Å². The van der Waals surface area contributed by atoms with Crippen LogP contribution in [0.2, 0.25) is 0 Å². The molecule has 0 aliphatic heterocycles. The summed E-state index contributed by atoms with van der Waals surface area (Å²) in [5.74, 6) is 0.0298. The van der Waals surface area contributed by atoms with Gasteiger partial charge in [-0.1, -0.05) is 63.2 Å². The smallest absolute Gasteiger partial charge is 0.295 e. The van der Waals surface area contributed by atoms with E-state index >= 15 is 0 Å². The molecule has 0 radical (unpaired) electrons. The highest BCUT2D eigenvalue weighted by Crippen LogP contribution is 2.30. The third-order valence-corrected chi connectivity index (χ3v) is 6.85. The van der Waals surface area contributed by atoms with Gasteiger partial charge in [0.15, 0.2) is 0 Å². The third kappa shape index (κ3) is 5.29. The van der Waals surface area contributed by atoms with Crippen molar-refractivity contribution in [2.45, 2.75) is 33.1 Å². The molecule has 5 aromatic rings. The monoisotopic (exact) mass is 532 g/mol. The summed E-state index contributed by atoms with van der Waals surface area (Å²) in [4.78, 5) is 35.5. The predicted molar refractivity (Wildman–Crippen MR) is 159 cm³/mol. The SMILES string of the molecule is Cc1c(NC(=O)c2ccc(C(C)(C)C)cc2)cccc1-c1cn(C)c(=O)c(N(c2ccccc2)n2ccnc2)n1. The molecule has 8 heteroatoms. The Kier molecular flexibility index (Phi) is 7.09. The lowest BCUT2D eigenvalue weighted by Crippen LogP contribution is -2.32. The average Bonchev–Trinajstić information content (AvgIpc) is 3.47. The van der Waals surface area contributed by atoms with Crippen molar-refractivity contribution >= 4 is 23.1 Å². The van der Waals surface area contributed by atoms with Crippen molar-refractivity contribution < 1.29 is 4.79 Å². The third-order valence-electron chi connectivity index (χ3n) is 6.85. The van der Waals surface area contributed by atoms with E-state index in [2.05, 4.69) is 31.1 Å². The number of nitrogens with one attached hydrogen (secondary N) is 1. The minimum atomic E-state index is -0.262. The van der Waals surface area contributed by atoms with E-state index in [4.69, 9.17) is 4.98 Å². The number of amides is 1. The van der Waals surface area contributed by atoms with Crippen LogP contribution in [0.3, 0.4) is 0 Å². The van der Waals surface area contributed by atoms with E-state index < -0.39 is 0 Å². The highest BCUT2D eigenvalue weighted by Gasteiger charge is 2.21. The van der Waals surface area contributed by atoms with Gasteiger partial charge in [0.25, 0.3) is 11.5 Å². The van der Waals surface area contributed by atoms with E-state index in [-0.39, 0.29) is 22.7 Å². The standard InChI is InChI=1S/C32H32N6O2/c1-22-26(12-9-13-27(22)35-30(39)23-14-16-24(17-15-23)32(2,3)4)28-20-36(5)31(40)29(34-28)38(37-19-18-33-21-37)25-10-7-6-8-11-25/h6-21H,1-5H3,(H,35,39). The summed E-state index contributed by atoms with van der Waals surface area (Å²) in [6.45, 7) is 8.36. The number of hydrogen-bond acceptors (Lipinski definition) is 5. The molecule has 1 N–H and O–H groups in total. The molecule has 8 nitrogen and oxygen atoms in total. The Hall–Kier alpha value is -4.98. The normalized spacial score (nSPS) is 11.3. The van der Waals surface area contributed by atoms with Crippen LogP contribution in [0.25, 0.3) is 11.3 Å². The van der Waals surface area contributed by atoms with Gasteiger partial charge in [0.1, 0.15) is 6.33 Å². The Labute approximate surface area is 233 Å². The first kappa shape index (κ1) is 26.6. The first-order chi connectivity index (χ1) is 19.1. The molecule has 0 saturated heterocycles. The fraction of sp³-hybridized carbons (Fsp3) is 0.188. The summed E-state index contributed by atoms with van der Waals surface area (Å²) >= 11 is 0. The Morgan fingerprint density at radius 1 is 0.950 bits per heavy atom. The van der Waals surface area contributed by atoms with Gasteiger partial charge in [-0.05, 0) is 53.8 Å². The molecule has 3 aromatic carbocycles. The number of rotatable bonds is 6. The molecular weight excluding hydrogens is 500 g/mol. The molecule has 0 aliphatic carbocycles. The van der Waals surface area contributed by atoms with E-state index in [1.165, 1.54) is 10.1 Å². The van der Waals surface area contributed by atoms with Crippen LogP contribution >= 0.6 is 0 Å². The zero-order chi connectivity index (χ0) is 28.4. The second-order valence-electron chi connectivity index (χ2n) is 10.7. The Bertz CT molecular complexity index is 1700. The number of aryl methyl sites for hydroxylation is 1. The topological polar surface area (TPSA) is 85.0 Å². The summed E-state index contributed by atoms with van der Waals surface area (Å²) in [7, 11) is 1.70. The van der Waals surface area contributed by atoms with Gasteiger partial charge in [-0.15, -0.1) is 0 Å². The van der Waals surface area contributed by atoms with Crippen LogP contribution in [0.15, 0.2) is 103 Å². The molecule has 2 aromatic heterocycles. The van der Waals surface area contributed by atoms with Gasteiger partial charge in [-0.25, -0.2) is 19.7 Å². The van der Waals surface area contributed by atoms with Crippen molar-refractivity contribution in [3.63, 3.8) is 0 Å². The molecule has 0 saturated carbocycles. The van der Waals surface area contributed by atoms with Gasteiger partial charge in [0, 0.05) is 42.5 Å². The lowest BCUT2D eigenvalue weighted by atomic mass is 9.86. The van der Waals surface area contributed by atoms with Crippen LogP contribution in [0, 0.1) is 6.92 Å². The minimum absolute atomic E-state index is 0.00944. The summed E-state index contributed by atoms with van der Waals surface area (Å²) in [5, 5.41) is 4.77. The maximum absolute atomic E-state index is 13.4. The van der Waals surface area contributed by atoms with Crippen LogP contribution < -0.4 is 15.9 Å². The second-order valence-corrected chi connectivity index (χ2v) is 10.7. The molecule has 0 atom stereocenters. The van der Waals surface area contributed by atoms with Gasteiger partial charge < -0.3 is 9.88 Å². The van der Waals surface area contributed by atoms with Gasteiger partial charge in [0.2, 0.25) is 5.82 Å². The summed E-state index contributed by atoms with van der Waals surface area (Å²) in [5.41, 5.74) is 5.17. The molecule has 2 heterocycles. The van der Waals surface area contributed by atoms with E-state index in [9.17, 15) is 9.59 Å². The number of anilines is 3. The number of nitrogens with zero attached hydrogens (tertiary/aromatic N) is 5. The minimum Gasteiger partial charge on any atom is -0.322 e. The molecule has 0 unspecified atom stereocenters. The van der Waals surface area contributed by atoms with Crippen LogP contribution in [-0.2, 0) is 12.5 Å². The second kappa shape index (κ2) is 10.6. The maximum atomic E-state index is 13.4. The Morgan fingerprint density at radius 2 is 1.68 bits per heavy atom. The molecule has 202 valence electrons. The zero-order valence-electron chi connectivity index (χ0n) is 23.3. The number of benzene rings is 3. The van der Waals surface area contributed by atoms with E-state index in [1.807, 2.05) is 79.7 Å². The molecule has 1 amide bonds. The molecule has 0 fully saturated rings. The quantitative estimate of drug-likeness (QED) is 0.286. The Morgan fingerprint density at radius 3 is 2.33 bits per heavy atom. The largest absolute Gasteiger partial charge is 0.322 e. The fourth-order valence-electron chi connectivity index (χ4n) is 4.53. The van der Waals surface area contributed by atoms with Crippen molar-refractivity contribution in [3.8, 4) is 11.3 Å². The zero-order valence-corrected chi connectivity index (χ0v) is 23.3. The van der Waals surface area contributed by atoms with Crippen LogP contribution in [-0.4, -0.2) is 25.1 Å². The number of aromatic nitrogens is 4. The fourth-order valence-corrected chi connectivity index (χ4v) is 4.53. The molecule has 0 bridgehead atoms. The predicted octanol–water partition coefficient (Wildman–Crippen LogP) is 6.10. The number of para-hydroxylation sites is 1. The van der Waals surface area contributed by atoms with Crippen LogP contribution in [0.1, 0.15) is 42.3 Å². The van der Waals surface area contributed by atoms with Gasteiger partial charge >= 0.3 is 0 Å². The van der Waals surface area contributed by atoms with Crippen molar-refractivity contribution in [1.82, 2.24) is 19.2 Å². The molecule has 5 rings (SSSR count). The first-order valence-corrected chi connectivity index (χ1v) is 13.1. The van der Waals surface area contributed by atoms with Crippen molar-refractivity contribution in [2.24, 2.45) is 7.05 Å². The summed E-state index contributed by atoms with van der Waals surface area (Å²) < 4.78 is 3.24. The lowest BCUT2D eigenvalue weighted by Gasteiger charge is -2.24. The molecule has 40 heavy (non-hydrogen) atoms. The number of hydrogen-bond donors (Lipinski definition) is 1. The van der Waals surface area contributed by atoms with Crippen LogP contribution in [0.4, 0.5) is 17.2 Å². The van der Waals surface area contributed by atoms with Crippen LogP contribution in [0.5, 0.6) is 0 Å². The number of carbonyl (C=O) groups is 1. The van der Waals surface area contributed by atoms with Crippen molar-refractivity contribution in [1.29, 1.82) is 0 Å². The highest BCUT2D eigenvalue weighted by atomic mass is 16.1. The van der Waals surface area contributed by atoms with E-state index in [1.54, 1.807) is 41.7 Å². The van der Waals surface area contributed by atoms with Crippen molar-refractivity contribution in [2.75, 3.05) is 10.3 Å². The summed E-state index contributed by atoms with van der Waals surface area (Å²) in [6, 6.07) is 22.9. The maximum Gasteiger partial charge on any atom is 0.295 e. The summed E-state index contributed by atoms with van der Waals surface area (Å²) in [6.07, 6.45) is 6.74. The first-order valence-electron chi connectivity index (χ1n) is 13.1. The lowest BCUT2D eigenvalue weighted by molar-refractivity contribution is 0.102. The molecule has 0 aliphatic rings. The average molecular weight is 533 g/mol. The van der Waals surface area contributed by atoms with Gasteiger partial charge in [0.05, 0.1) is 11.4 Å². The van der Waals surface area contributed by atoms with Gasteiger partial charge in [-0.2, -0.15) is 0 Å².